The van der Waals surface area contributed by atoms with Crippen molar-refractivity contribution in [1.82, 2.24) is 9.47 Å². The van der Waals surface area contributed by atoms with Crippen LogP contribution in [0.4, 0.5) is 0 Å². The van der Waals surface area contributed by atoms with Crippen LogP contribution in [0.5, 0.6) is 5.75 Å². The van der Waals surface area contributed by atoms with E-state index in [4.69, 9.17) is 11.2 Å². The van der Waals surface area contributed by atoms with E-state index in [1.54, 1.807) is 7.11 Å². The van der Waals surface area contributed by atoms with Crippen LogP contribution in [-0.4, -0.2) is 53.0 Å². The van der Waals surface area contributed by atoms with Crippen molar-refractivity contribution in [3.8, 4) is 18.1 Å². The molecule has 1 fully saturated rings. The Labute approximate surface area is 179 Å². The van der Waals surface area contributed by atoms with Crippen molar-refractivity contribution in [1.29, 1.82) is 0 Å². The number of carbonyl (C=O) groups is 2. The zero-order valence-corrected chi connectivity index (χ0v) is 18.2. The van der Waals surface area contributed by atoms with Crippen LogP contribution in [0.15, 0.2) is 23.2 Å². The van der Waals surface area contributed by atoms with Gasteiger partial charge in [0.15, 0.2) is 4.80 Å². The normalized spacial score (nSPS) is 15.2. The molecule has 2 amide bonds. The third-order valence-electron chi connectivity index (χ3n) is 4.77. The summed E-state index contributed by atoms with van der Waals surface area (Å²) in [5.74, 6) is 3.70. The summed E-state index contributed by atoms with van der Waals surface area (Å²) in [4.78, 5) is 31.5. The number of hydrogen-bond donors (Lipinski definition) is 0. The SMILES string of the molecule is C#CCn1c(=NC(=O)CSCC(=O)N2CCCCCC2)sc2cc(OC)ccc21. The van der Waals surface area contributed by atoms with Crippen LogP contribution in [0.25, 0.3) is 10.2 Å². The van der Waals surface area contributed by atoms with E-state index in [0.29, 0.717) is 17.1 Å². The van der Waals surface area contributed by atoms with Gasteiger partial charge in [0.05, 0.1) is 35.4 Å². The van der Waals surface area contributed by atoms with Crippen molar-refractivity contribution in [2.24, 2.45) is 4.99 Å². The second kappa shape index (κ2) is 10.5. The van der Waals surface area contributed by atoms with Crippen molar-refractivity contribution in [2.45, 2.75) is 32.2 Å². The first kappa shape index (κ1) is 21.5. The van der Waals surface area contributed by atoms with E-state index in [1.807, 2.05) is 27.7 Å². The maximum absolute atomic E-state index is 12.4. The number of amides is 2. The Morgan fingerprint density at radius 3 is 2.69 bits per heavy atom. The molecular formula is C21H25N3O3S2. The van der Waals surface area contributed by atoms with Gasteiger partial charge in [-0.25, -0.2) is 0 Å². The lowest BCUT2D eigenvalue weighted by Gasteiger charge is -2.19. The molecule has 0 spiro atoms. The highest BCUT2D eigenvalue weighted by Gasteiger charge is 2.16. The number of ether oxygens (including phenoxy) is 1. The van der Waals surface area contributed by atoms with Crippen molar-refractivity contribution in [3.63, 3.8) is 0 Å². The lowest BCUT2D eigenvalue weighted by atomic mass is 10.2. The molecule has 0 saturated carbocycles. The Morgan fingerprint density at radius 2 is 2.00 bits per heavy atom. The number of methoxy groups -OCH3 is 1. The summed E-state index contributed by atoms with van der Waals surface area (Å²) in [5.41, 5.74) is 0.921. The molecule has 2 heterocycles. The fraction of sp³-hybridized carbons (Fsp3) is 0.476. The van der Waals surface area contributed by atoms with E-state index in [-0.39, 0.29) is 17.6 Å². The summed E-state index contributed by atoms with van der Waals surface area (Å²) < 4.78 is 8.07. The zero-order valence-electron chi connectivity index (χ0n) is 16.6. The van der Waals surface area contributed by atoms with Crippen molar-refractivity contribution in [2.75, 3.05) is 31.7 Å². The predicted octanol–water partition coefficient (Wildman–Crippen LogP) is 2.91. The molecule has 29 heavy (non-hydrogen) atoms. The highest BCUT2D eigenvalue weighted by molar-refractivity contribution is 8.00. The predicted molar refractivity (Wildman–Crippen MR) is 118 cm³/mol. The highest BCUT2D eigenvalue weighted by atomic mass is 32.2. The van der Waals surface area contributed by atoms with Gasteiger partial charge in [-0.2, -0.15) is 4.99 Å². The molecule has 0 aliphatic carbocycles. The average molecular weight is 432 g/mol. The minimum absolute atomic E-state index is 0.112. The molecule has 0 unspecified atom stereocenters. The van der Waals surface area contributed by atoms with Crippen molar-refractivity contribution in [3.05, 3.63) is 23.0 Å². The molecule has 154 valence electrons. The second-order valence-electron chi connectivity index (χ2n) is 6.80. The van der Waals surface area contributed by atoms with Crippen LogP contribution in [0, 0.1) is 12.3 Å². The van der Waals surface area contributed by atoms with Crippen LogP contribution in [0.2, 0.25) is 0 Å². The fourth-order valence-corrected chi connectivity index (χ4v) is 5.06. The Balaban J connectivity index is 1.66. The molecule has 0 atom stereocenters. The minimum atomic E-state index is -0.261. The maximum atomic E-state index is 12.4. The molecule has 6 nitrogen and oxygen atoms in total. The second-order valence-corrected chi connectivity index (χ2v) is 8.80. The van der Waals surface area contributed by atoms with Gasteiger partial charge in [0.25, 0.3) is 5.91 Å². The fourth-order valence-electron chi connectivity index (χ4n) is 3.29. The largest absolute Gasteiger partial charge is 0.497 e. The van der Waals surface area contributed by atoms with E-state index in [0.717, 1.165) is 41.9 Å². The number of nitrogens with zero attached hydrogens (tertiary/aromatic N) is 3. The molecule has 1 aromatic heterocycles. The smallest absolute Gasteiger partial charge is 0.258 e. The maximum Gasteiger partial charge on any atom is 0.258 e. The van der Waals surface area contributed by atoms with Gasteiger partial charge in [-0.1, -0.05) is 30.1 Å². The van der Waals surface area contributed by atoms with Gasteiger partial charge < -0.3 is 14.2 Å². The van der Waals surface area contributed by atoms with Gasteiger partial charge in [0.2, 0.25) is 5.91 Å². The van der Waals surface area contributed by atoms with Gasteiger partial charge in [-0.3, -0.25) is 9.59 Å². The number of carbonyl (C=O) groups excluding carboxylic acids is 2. The zero-order chi connectivity index (χ0) is 20.6. The summed E-state index contributed by atoms with van der Waals surface area (Å²) in [6, 6.07) is 5.68. The van der Waals surface area contributed by atoms with Gasteiger partial charge in [0, 0.05) is 13.1 Å². The number of thioether (sulfide) groups is 1. The third kappa shape index (κ3) is 5.64. The highest BCUT2D eigenvalue weighted by Crippen LogP contribution is 2.23. The Kier molecular flexibility index (Phi) is 7.78. The first-order valence-corrected chi connectivity index (χ1v) is 11.6. The molecule has 2 aromatic rings. The Hall–Kier alpha value is -2.24. The van der Waals surface area contributed by atoms with Crippen LogP contribution >= 0.6 is 23.1 Å². The Morgan fingerprint density at radius 1 is 1.24 bits per heavy atom. The number of benzene rings is 1. The third-order valence-corrected chi connectivity index (χ3v) is 6.71. The van der Waals surface area contributed by atoms with Crippen LogP contribution in [0.1, 0.15) is 25.7 Å². The molecule has 1 aromatic carbocycles. The van der Waals surface area contributed by atoms with Gasteiger partial charge in [0.1, 0.15) is 5.75 Å². The molecule has 0 radical (unpaired) electrons. The number of rotatable bonds is 6. The molecule has 0 N–H and O–H groups in total. The van der Waals surface area contributed by atoms with E-state index >= 15 is 0 Å². The van der Waals surface area contributed by atoms with E-state index < -0.39 is 0 Å². The molecular weight excluding hydrogens is 406 g/mol. The van der Waals surface area contributed by atoms with Crippen LogP contribution < -0.4 is 9.54 Å². The molecule has 0 bridgehead atoms. The van der Waals surface area contributed by atoms with Crippen molar-refractivity contribution < 1.29 is 14.3 Å². The summed E-state index contributed by atoms with van der Waals surface area (Å²) >= 11 is 2.72. The molecule has 8 heteroatoms. The number of thiazole rings is 1. The summed E-state index contributed by atoms with van der Waals surface area (Å²) in [5, 5.41) is 0. The first-order valence-electron chi connectivity index (χ1n) is 9.66. The van der Waals surface area contributed by atoms with E-state index in [9.17, 15) is 9.59 Å². The van der Waals surface area contributed by atoms with Gasteiger partial charge >= 0.3 is 0 Å². The topological polar surface area (TPSA) is 63.9 Å². The number of terminal acetylenes is 1. The lowest BCUT2D eigenvalue weighted by molar-refractivity contribution is -0.128. The monoisotopic (exact) mass is 431 g/mol. The summed E-state index contributed by atoms with van der Waals surface area (Å²) in [6.07, 6.45) is 10.0. The standard InChI is InChI=1S/C21H25N3O3S2/c1-3-10-24-17-9-8-16(27-2)13-18(17)29-21(24)22-19(25)14-28-15-20(26)23-11-6-4-5-7-12-23/h1,8-9,13H,4-7,10-12,14-15H2,2H3. The number of hydrogen-bond acceptors (Lipinski definition) is 5. The van der Waals surface area contributed by atoms with Gasteiger partial charge in [-0.15, -0.1) is 18.2 Å². The summed E-state index contributed by atoms with van der Waals surface area (Å²) in [6.45, 7) is 1.99. The van der Waals surface area contributed by atoms with E-state index in [2.05, 4.69) is 10.9 Å². The number of fused-ring (bicyclic) bond motifs is 1. The molecule has 1 saturated heterocycles. The van der Waals surface area contributed by atoms with Crippen LogP contribution in [-0.2, 0) is 16.1 Å². The quantitative estimate of drug-likeness (QED) is 0.660. The van der Waals surface area contributed by atoms with Crippen molar-refractivity contribution >= 4 is 45.1 Å². The average Bonchev–Trinajstić information content (AvgIpc) is 2.88. The summed E-state index contributed by atoms with van der Waals surface area (Å²) in [7, 11) is 1.61. The molecule has 1 aliphatic rings. The Bertz CT molecular complexity index is 979. The van der Waals surface area contributed by atoms with Crippen LogP contribution in [0.3, 0.4) is 0 Å². The minimum Gasteiger partial charge on any atom is -0.497 e. The number of aromatic nitrogens is 1. The van der Waals surface area contributed by atoms with Gasteiger partial charge in [-0.05, 0) is 31.0 Å². The lowest BCUT2D eigenvalue weighted by Crippen LogP contribution is -2.33. The number of likely N-dealkylation sites (tertiary alicyclic amines) is 1. The molecule has 1 aliphatic heterocycles. The molecule has 3 rings (SSSR count). The van der Waals surface area contributed by atoms with E-state index in [1.165, 1.54) is 35.9 Å². The first-order chi connectivity index (χ1) is 14.1.